The molecule has 0 aliphatic carbocycles. The van der Waals surface area contributed by atoms with Crippen molar-refractivity contribution < 1.29 is 8.42 Å². The van der Waals surface area contributed by atoms with Crippen LogP contribution in [0.25, 0.3) is 0 Å². The predicted octanol–water partition coefficient (Wildman–Crippen LogP) is 1.60. The van der Waals surface area contributed by atoms with Crippen LogP contribution < -0.4 is 4.90 Å². The first-order valence-electron chi connectivity index (χ1n) is 6.17. The van der Waals surface area contributed by atoms with E-state index in [2.05, 4.69) is 9.88 Å². The zero-order chi connectivity index (χ0) is 14.0. The van der Waals surface area contributed by atoms with Crippen LogP contribution in [0.2, 0.25) is 5.02 Å². The van der Waals surface area contributed by atoms with E-state index < -0.39 is 10.0 Å². The number of anilines is 1. The third kappa shape index (κ3) is 3.38. The smallest absolute Gasteiger partial charge is 0.211 e. The van der Waals surface area contributed by atoms with E-state index in [1.807, 2.05) is 6.07 Å². The largest absolute Gasteiger partial charge is 0.369 e. The molecule has 19 heavy (non-hydrogen) atoms. The van der Waals surface area contributed by atoms with Gasteiger partial charge in [0.25, 0.3) is 0 Å². The highest BCUT2D eigenvalue weighted by molar-refractivity contribution is 7.88. The van der Waals surface area contributed by atoms with E-state index in [-0.39, 0.29) is 6.04 Å². The summed E-state index contributed by atoms with van der Waals surface area (Å²) in [5, 5.41) is 0.602. The molecule has 0 spiro atoms. The fourth-order valence-electron chi connectivity index (χ4n) is 2.37. The molecule has 1 saturated heterocycles. The Kier molecular flexibility index (Phi) is 4.32. The van der Waals surface area contributed by atoms with Gasteiger partial charge < -0.3 is 4.90 Å². The van der Waals surface area contributed by atoms with Crippen molar-refractivity contribution >= 4 is 27.3 Å². The van der Waals surface area contributed by atoms with Gasteiger partial charge in [-0.1, -0.05) is 11.6 Å². The molecule has 0 amide bonds. The SMILES string of the molecule is CN(C1CCCN(c2ccncc2Cl)C1)S(C)(=O)=O. The molecule has 7 heteroatoms. The fourth-order valence-corrected chi connectivity index (χ4v) is 3.32. The van der Waals surface area contributed by atoms with Gasteiger partial charge in [0.2, 0.25) is 10.0 Å². The number of sulfonamides is 1. The molecule has 1 aromatic rings. The first kappa shape index (κ1) is 14.6. The summed E-state index contributed by atoms with van der Waals surface area (Å²) in [5.74, 6) is 0. The van der Waals surface area contributed by atoms with Gasteiger partial charge in [0.05, 0.1) is 17.0 Å². The minimum atomic E-state index is -3.16. The molecule has 0 aromatic carbocycles. The van der Waals surface area contributed by atoms with Crippen LogP contribution >= 0.6 is 11.6 Å². The summed E-state index contributed by atoms with van der Waals surface area (Å²) >= 11 is 6.14. The van der Waals surface area contributed by atoms with Gasteiger partial charge in [0.15, 0.2) is 0 Å². The second kappa shape index (κ2) is 5.64. The summed E-state index contributed by atoms with van der Waals surface area (Å²) in [4.78, 5) is 6.09. The number of likely N-dealkylation sites (N-methyl/N-ethyl adjacent to an activating group) is 1. The van der Waals surface area contributed by atoms with Gasteiger partial charge in [-0.2, -0.15) is 0 Å². The van der Waals surface area contributed by atoms with Crippen molar-refractivity contribution in [3.63, 3.8) is 0 Å². The van der Waals surface area contributed by atoms with Crippen LogP contribution in [-0.4, -0.2) is 50.1 Å². The van der Waals surface area contributed by atoms with E-state index >= 15 is 0 Å². The first-order chi connectivity index (χ1) is 8.89. The van der Waals surface area contributed by atoms with Gasteiger partial charge in [0, 0.05) is 38.6 Å². The molecule has 1 aliphatic rings. The summed E-state index contributed by atoms with van der Waals surface area (Å²) in [6, 6.07) is 1.86. The highest BCUT2D eigenvalue weighted by Crippen LogP contribution is 2.28. The van der Waals surface area contributed by atoms with E-state index in [9.17, 15) is 8.42 Å². The number of hydrogen-bond donors (Lipinski definition) is 0. The normalized spacial score (nSPS) is 20.8. The van der Waals surface area contributed by atoms with Crippen molar-refractivity contribution in [2.24, 2.45) is 0 Å². The molecule has 2 heterocycles. The average Bonchev–Trinajstić information content (AvgIpc) is 2.37. The van der Waals surface area contributed by atoms with Gasteiger partial charge in [-0.3, -0.25) is 4.98 Å². The lowest BCUT2D eigenvalue weighted by atomic mass is 10.1. The standard InChI is InChI=1S/C12H18ClN3O2S/c1-15(19(2,17)18)10-4-3-7-16(9-10)12-5-6-14-8-11(12)13/h5-6,8,10H,3-4,7,9H2,1-2H3. The van der Waals surface area contributed by atoms with E-state index in [1.54, 1.807) is 19.4 Å². The van der Waals surface area contributed by atoms with E-state index in [0.717, 1.165) is 25.1 Å². The van der Waals surface area contributed by atoms with E-state index in [0.29, 0.717) is 11.6 Å². The number of hydrogen-bond acceptors (Lipinski definition) is 4. The maximum atomic E-state index is 11.6. The monoisotopic (exact) mass is 303 g/mol. The maximum absolute atomic E-state index is 11.6. The second-order valence-electron chi connectivity index (χ2n) is 4.85. The van der Waals surface area contributed by atoms with Crippen molar-refractivity contribution in [3.8, 4) is 0 Å². The molecule has 0 bridgehead atoms. The Morgan fingerprint density at radius 1 is 1.53 bits per heavy atom. The number of piperidine rings is 1. The van der Waals surface area contributed by atoms with Gasteiger partial charge in [-0.05, 0) is 18.9 Å². The van der Waals surface area contributed by atoms with Crippen molar-refractivity contribution in [1.29, 1.82) is 0 Å². The molecule has 1 aliphatic heterocycles. The van der Waals surface area contributed by atoms with Crippen LogP contribution in [0.5, 0.6) is 0 Å². The number of nitrogens with zero attached hydrogens (tertiary/aromatic N) is 3. The number of aromatic nitrogens is 1. The van der Waals surface area contributed by atoms with Crippen molar-refractivity contribution in [3.05, 3.63) is 23.5 Å². The highest BCUT2D eigenvalue weighted by atomic mass is 35.5. The van der Waals surface area contributed by atoms with E-state index in [4.69, 9.17) is 11.6 Å². The van der Waals surface area contributed by atoms with Crippen molar-refractivity contribution in [1.82, 2.24) is 9.29 Å². The Hall–Kier alpha value is -0.850. The molecular weight excluding hydrogens is 286 g/mol. The quantitative estimate of drug-likeness (QED) is 0.851. The molecular formula is C12H18ClN3O2S. The zero-order valence-corrected chi connectivity index (χ0v) is 12.7. The fraction of sp³-hybridized carbons (Fsp3) is 0.583. The summed E-state index contributed by atoms with van der Waals surface area (Å²) in [6.45, 7) is 1.55. The van der Waals surface area contributed by atoms with Crippen LogP contribution in [-0.2, 0) is 10.0 Å². The van der Waals surface area contributed by atoms with Crippen LogP contribution in [0.15, 0.2) is 18.5 Å². The van der Waals surface area contributed by atoms with Crippen LogP contribution in [0, 0.1) is 0 Å². The minimum Gasteiger partial charge on any atom is -0.369 e. The zero-order valence-electron chi connectivity index (χ0n) is 11.1. The van der Waals surface area contributed by atoms with Crippen molar-refractivity contribution in [2.45, 2.75) is 18.9 Å². The lowest BCUT2D eigenvalue weighted by Gasteiger charge is -2.38. The Morgan fingerprint density at radius 2 is 2.26 bits per heavy atom. The molecule has 2 rings (SSSR count). The molecule has 1 fully saturated rings. The second-order valence-corrected chi connectivity index (χ2v) is 7.30. The predicted molar refractivity (Wildman–Crippen MR) is 77.1 cm³/mol. The van der Waals surface area contributed by atoms with E-state index in [1.165, 1.54) is 10.6 Å². The van der Waals surface area contributed by atoms with Gasteiger partial charge >= 0.3 is 0 Å². The lowest BCUT2D eigenvalue weighted by molar-refractivity contribution is 0.322. The molecule has 1 atom stereocenters. The summed E-state index contributed by atoms with van der Waals surface area (Å²) in [7, 11) is -1.52. The third-order valence-corrected chi connectivity index (χ3v) is 5.16. The third-order valence-electron chi connectivity index (χ3n) is 3.53. The Morgan fingerprint density at radius 3 is 2.89 bits per heavy atom. The topological polar surface area (TPSA) is 53.5 Å². The van der Waals surface area contributed by atoms with Gasteiger partial charge in [-0.25, -0.2) is 12.7 Å². The highest BCUT2D eigenvalue weighted by Gasteiger charge is 2.28. The van der Waals surface area contributed by atoms with Crippen LogP contribution in [0.3, 0.4) is 0 Å². The number of pyridine rings is 1. The molecule has 0 radical (unpaired) electrons. The average molecular weight is 304 g/mol. The Bertz CT molecular complexity index is 550. The summed E-state index contributed by atoms with van der Waals surface area (Å²) in [5.41, 5.74) is 0.920. The maximum Gasteiger partial charge on any atom is 0.211 e. The molecule has 0 N–H and O–H groups in total. The Balaban J connectivity index is 2.16. The molecule has 106 valence electrons. The molecule has 5 nitrogen and oxygen atoms in total. The molecule has 1 aromatic heterocycles. The first-order valence-corrected chi connectivity index (χ1v) is 8.39. The summed E-state index contributed by atoms with van der Waals surface area (Å²) in [6.07, 6.45) is 6.38. The van der Waals surface area contributed by atoms with Crippen LogP contribution in [0.4, 0.5) is 5.69 Å². The summed E-state index contributed by atoms with van der Waals surface area (Å²) < 4.78 is 24.7. The van der Waals surface area contributed by atoms with Gasteiger partial charge in [-0.15, -0.1) is 0 Å². The number of halogens is 1. The lowest BCUT2D eigenvalue weighted by Crippen LogP contribution is -2.48. The Labute approximate surface area is 119 Å². The van der Waals surface area contributed by atoms with Crippen molar-refractivity contribution in [2.75, 3.05) is 31.3 Å². The van der Waals surface area contributed by atoms with Gasteiger partial charge in [0.1, 0.15) is 0 Å². The number of rotatable bonds is 3. The van der Waals surface area contributed by atoms with Crippen LogP contribution in [0.1, 0.15) is 12.8 Å². The minimum absolute atomic E-state index is 0.00650. The molecule has 0 saturated carbocycles. The molecule has 1 unspecified atom stereocenters.